The van der Waals surface area contributed by atoms with Crippen molar-refractivity contribution in [2.24, 2.45) is 5.92 Å². The standard InChI is InChI=1S/C26H30N4O2S/c1-7-19-8-10-20(11-9-19)25-30(18(6)31)23-17(5)12-16(4)13-21(23)22-24(32-25)27-26(29-28-22)33-14-15(2)3/h8-13,15,25H,7,14H2,1-6H3. The molecular formula is C26H30N4O2S. The van der Waals surface area contributed by atoms with E-state index in [-0.39, 0.29) is 5.91 Å². The van der Waals surface area contributed by atoms with Crippen LogP contribution in [0.4, 0.5) is 5.69 Å². The van der Waals surface area contributed by atoms with Gasteiger partial charge in [-0.15, -0.1) is 10.2 Å². The highest BCUT2D eigenvalue weighted by Gasteiger charge is 2.35. The summed E-state index contributed by atoms with van der Waals surface area (Å²) < 4.78 is 6.49. The lowest BCUT2D eigenvalue weighted by Crippen LogP contribution is -2.36. The number of aromatic nitrogens is 3. The molecule has 1 atom stereocenters. The second kappa shape index (κ2) is 9.51. The van der Waals surface area contributed by atoms with Crippen LogP contribution in [-0.4, -0.2) is 26.8 Å². The van der Waals surface area contributed by atoms with Crippen molar-refractivity contribution in [2.75, 3.05) is 10.7 Å². The summed E-state index contributed by atoms with van der Waals surface area (Å²) in [5.41, 5.74) is 6.32. The molecule has 2 heterocycles. The van der Waals surface area contributed by atoms with E-state index in [4.69, 9.17) is 9.72 Å². The van der Waals surface area contributed by atoms with Gasteiger partial charge in [0.1, 0.15) is 0 Å². The molecule has 172 valence electrons. The summed E-state index contributed by atoms with van der Waals surface area (Å²) in [4.78, 5) is 19.5. The zero-order chi connectivity index (χ0) is 23.7. The number of hydrogen-bond donors (Lipinski definition) is 0. The largest absolute Gasteiger partial charge is 0.447 e. The molecule has 0 aliphatic carbocycles. The predicted molar refractivity (Wildman–Crippen MR) is 133 cm³/mol. The Bertz CT molecular complexity index is 1180. The zero-order valence-corrected chi connectivity index (χ0v) is 20.9. The minimum Gasteiger partial charge on any atom is -0.447 e. The van der Waals surface area contributed by atoms with Crippen LogP contribution < -0.4 is 9.64 Å². The molecule has 1 unspecified atom stereocenters. The fraction of sp³-hybridized carbons (Fsp3) is 0.385. The molecule has 2 aromatic carbocycles. The molecule has 6 nitrogen and oxygen atoms in total. The second-order valence-corrected chi connectivity index (χ2v) is 9.87. The van der Waals surface area contributed by atoms with E-state index in [2.05, 4.69) is 49.2 Å². The molecular weight excluding hydrogens is 432 g/mol. The van der Waals surface area contributed by atoms with Gasteiger partial charge in [-0.2, -0.15) is 4.98 Å². The number of ether oxygens (including phenoxy) is 1. The molecule has 0 fully saturated rings. The normalized spacial score (nSPS) is 15.0. The number of anilines is 1. The third-order valence-corrected chi connectivity index (χ3v) is 6.86. The lowest BCUT2D eigenvalue weighted by Gasteiger charge is -2.31. The van der Waals surface area contributed by atoms with Crippen molar-refractivity contribution < 1.29 is 9.53 Å². The molecule has 0 radical (unpaired) electrons. The van der Waals surface area contributed by atoms with Gasteiger partial charge in [0.25, 0.3) is 0 Å². The Morgan fingerprint density at radius 3 is 2.52 bits per heavy atom. The quantitative estimate of drug-likeness (QED) is 0.439. The smallest absolute Gasteiger partial charge is 0.247 e. The number of aryl methyl sites for hydroxylation is 3. The van der Waals surface area contributed by atoms with Crippen LogP contribution in [0.15, 0.2) is 41.6 Å². The molecule has 7 heteroatoms. The van der Waals surface area contributed by atoms with Crippen LogP contribution in [-0.2, 0) is 11.2 Å². The minimum absolute atomic E-state index is 0.108. The minimum atomic E-state index is -0.658. The van der Waals surface area contributed by atoms with Crippen molar-refractivity contribution in [3.8, 4) is 17.1 Å². The number of amides is 1. The molecule has 1 aromatic heterocycles. The molecule has 0 N–H and O–H groups in total. The number of hydrogen-bond acceptors (Lipinski definition) is 6. The lowest BCUT2D eigenvalue weighted by molar-refractivity contribution is -0.118. The van der Waals surface area contributed by atoms with Gasteiger partial charge in [-0.25, -0.2) is 0 Å². The van der Waals surface area contributed by atoms with Crippen molar-refractivity contribution in [1.82, 2.24) is 15.2 Å². The Hall–Kier alpha value is -2.93. The highest BCUT2D eigenvalue weighted by atomic mass is 32.2. The molecule has 0 spiro atoms. The van der Waals surface area contributed by atoms with Crippen molar-refractivity contribution in [1.29, 1.82) is 0 Å². The summed E-state index contributed by atoms with van der Waals surface area (Å²) >= 11 is 1.56. The first-order valence-electron chi connectivity index (χ1n) is 11.3. The van der Waals surface area contributed by atoms with Gasteiger partial charge in [-0.3, -0.25) is 9.69 Å². The fourth-order valence-electron chi connectivity index (χ4n) is 4.04. The van der Waals surface area contributed by atoms with Gasteiger partial charge in [0.2, 0.25) is 23.2 Å². The number of benzene rings is 2. The maximum absolute atomic E-state index is 13.0. The third-order valence-electron chi connectivity index (χ3n) is 5.59. The fourth-order valence-corrected chi connectivity index (χ4v) is 4.77. The van der Waals surface area contributed by atoms with E-state index in [0.717, 1.165) is 40.1 Å². The van der Waals surface area contributed by atoms with Gasteiger partial charge in [0.05, 0.1) is 5.69 Å². The topological polar surface area (TPSA) is 68.2 Å². The van der Waals surface area contributed by atoms with E-state index >= 15 is 0 Å². The zero-order valence-electron chi connectivity index (χ0n) is 20.0. The van der Waals surface area contributed by atoms with Crippen LogP contribution in [0, 0.1) is 19.8 Å². The summed E-state index contributed by atoms with van der Waals surface area (Å²) in [6, 6.07) is 12.3. The lowest BCUT2D eigenvalue weighted by atomic mass is 10.00. The summed E-state index contributed by atoms with van der Waals surface area (Å²) in [6.45, 7) is 12.0. The first-order chi connectivity index (χ1) is 15.8. The third kappa shape index (κ3) is 4.74. The first-order valence-corrected chi connectivity index (χ1v) is 12.3. The highest BCUT2D eigenvalue weighted by molar-refractivity contribution is 7.99. The Labute approximate surface area is 199 Å². The maximum Gasteiger partial charge on any atom is 0.247 e. The number of thioether (sulfide) groups is 1. The molecule has 3 aromatic rings. The van der Waals surface area contributed by atoms with Gasteiger partial charge in [0.15, 0.2) is 5.69 Å². The summed E-state index contributed by atoms with van der Waals surface area (Å²) in [7, 11) is 0. The Kier molecular flexibility index (Phi) is 6.70. The van der Waals surface area contributed by atoms with Crippen molar-refractivity contribution >= 4 is 23.4 Å². The van der Waals surface area contributed by atoms with Gasteiger partial charge >= 0.3 is 0 Å². The molecule has 0 saturated heterocycles. The van der Waals surface area contributed by atoms with E-state index < -0.39 is 6.23 Å². The second-order valence-electron chi connectivity index (χ2n) is 8.89. The molecule has 1 amide bonds. The van der Waals surface area contributed by atoms with Crippen molar-refractivity contribution in [3.63, 3.8) is 0 Å². The average Bonchev–Trinajstić information content (AvgIpc) is 2.92. The van der Waals surface area contributed by atoms with Crippen LogP contribution in [0.5, 0.6) is 5.88 Å². The molecule has 33 heavy (non-hydrogen) atoms. The van der Waals surface area contributed by atoms with Gasteiger partial charge in [-0.05, 0) is 43.4 Å². The van der Waals surface area contributed by atoms with Crippen LogP contribution >= 0.6 is 11.8 Å². The van der Waals surface area contributed by atoms with Crippen LogP contribution in [0.25, 0.3) is 11.3 Å². The number of fused-ring (bicyclic) bond motifs is 3. The SMILES string of the molecule is CCc1ccc(C2Oc3nc(SCC(C)C)nnc3-c3cc(C)cc(C)c3N2C(C)=O)cc1. The Balaban J connectivity index is 1.92. The molecule has 0 saturated carbocycles. The van der Waals surface area contributed by atoms with E-state index in [1.807, 2.05) is 32.0 Å². The number of carbonyl (C=O) groups excluding carboxylic acids is 1. The molecule has 1 aliphatic rings. The Morgan fingerprint density at radius 2 is 1.88 bits per heavy atom. The van der Waals surface area contributed by atoms with E-state index in [9.17, 15) is 4.79 Å². The number of nitrogens with zero attached hydrogens (tertiary/aromatic N) is 4. The number of rotatable bonds is 5. The highest BCUT2D eigenvalue weighted by Crippen LogP contribution is 2.45. The maximum atomic E-state index is 13.0. The summed E-state index contributed by atoms with van der Waals surface area (Å²) in [5, 5.41) is 9.48. The first kappa shape index (κ1) is 23.2. The Morgan fingerprint density at radius 1 is 1.15 bits per heavy atom. The van der Waals surface area contributed by atoms with E-state index in [1.165, 1.54) is 5.56 Å². The molecule has 4 rings (SSSR count). The van der Waals surface area contributed by atoms with E-state index in [0.29, 0.717) is 22.6 Å². The summed E-state index contributed by atoms with van der Waals surface area (Å²) in [5.74, 6) is 1.68. The number of carbonyl (C=O) groups is 1. The van der Waals surface area contributed by atoms with Crippen LogP contribution in [0.3, 0.4) is 0 Å². The van der Waals surface area contributed by atoms with Crippen molar-refractivity contribution in [2.45, 2.75) is 59.3 Å². The monoisotopic (exact) mass is 462 g/mol. The average molecular weight is 463 g/mol. The van der Waals surface area contributed by atoms with Crippen molar-refractivity contribution in [3.05, 3.63) is 58.7 Å². The molecule has 1 aliphatic heterocycles. The van der Waals surface area contributed by atoms with Gasteiger partial charge in [-0.1, -0.05) is 68.4 Å². The van der Waals surface area contributed by atoms with Crippen LogP contribution in [0.1, 0.15) is 56.2 Å². The van der Waals surface area contributed by atoms with E-state index in [1.54, 1.807) is 23.6 Å². The summed E-state index contributed by atoms with van der Waals surface area (Å²) in [6.07, 6.45) is 0.286. The molecule has 0 bridgehead atoms. The predicted octanol–water partition coefficient (Wildman–Crippen LogP) is 5.91. The van der Waals surface area contributed by atoms with Gasteiger partial charge in [0, 0.05) is 23.8 Å². The van der Waals surface area contributed by atoms with Gasteiger partial charge < -0.3 is 4.74 Å². The van der Waals surface area contributed by atoms with Crippen LogP contribution in [0.2, 0.25) is 0 Å².